The first-order valence-electron chi connectivity index (χ1n) is 5.27. The van der Waals surface area contributed by atoms with Gasteiger partial charge in [0, 0.05) is 10.8 Å². The molecule has 4 nitrogen and oxygen atoms in total. The van der Waals surface area contributed by atoms with E-state index in [1.807, 2.05) is 0 Å². The second-order valence-electron chi connectivity index (χ2n) is 3.41. The van der Waals surface area contributed by atoms with Crippen LogP contribution in [0.5, 0.6) is 11.5 Å². The van der Waals surface area contributed by atoms with Crippen molar-refractivity contribution in [3.63, 3.8) is 0 Å². The molecule has 0 aliphatic heterocycles. The number of phenols is 1. The van der Waals surface area contributed by atoms with E-state index in [0.29, 0.717) is 16.5 Å². The Bertz CT molecular complexity index is 548. The highest BCUT2D eigenvalue weighted by Crippen LogP contribution is 2.32. The van der Waals surface area contributed by atoms with Crippen molar-refractivity contribution in [2.45, 2.75) is 6.92 Å². The van der Waals surface area contributed by atoms with E-state index < -0.39 is 6.16 Å². The third-order valence-electron chi connectivity index (χ3n) is 2.32. The maximum atomic E-state index is 11.2. The Morgan fingerprint density at radius 2 is 1.88 bits per heavy atom. The highest BCUT2D eigenvalue weighted by Gasteiger charge is 2.10. The molecule has 88 valence electrons. The molecule has 2 aromatic carbocycles. The molecule has 0 fully saturated rings. The number of carbonyl (C=O) groups excluding carboxylic acids is 1. The molecule has 0 aliphatic rings. The molecule has 0 amide bonds. The molecule has 0 unspecified atom stereocenters. The Morgan fingerprint density at radius 3 is 2.59 bits per heavy atom. The Morgan fingerprint density at radius 1 is 1.18 bits per heavy atom. The molecule has 0 spiro atoms. The number of rotatable bonds is 2. The number of ether oxygens (including phenoxy) is 2. The standard InChI is InChI=1S/C13H12O4/c1-2-16-13(15)17-12-8-7-11(14)9-5-3-4-6-10(9)12/h3-8,14H,2H2,1H3. The number of carbonyl (C=O) groups is 1. The van der Waals surface area contributed by atoms with E-state index in [4.69, 9.17) is 9.47 Å². The number of fused-ring (bicyclic) bond motifs is 1. The maximum Gasteiger partial charge on any atom is 0.513 e. The topological polar surface area (TPSA) is 55.8 Å². The fraction of sp³-hybridized carbons (Fsp3) is 0.154. The average molecular weight is 232 g/mol. The fourth-order valence-corrected chi connectivity index (χ4v) is 1.58. The van der Waals surface area contributed by atoms with Crippen LogP contribution in [0, 0.1) is 0 Å². The molecule has 0 saturated heterocycles. The van der Waals surface area contributed by atoms with Gasteiger partial charge in [0.05, 0.1) is 6.61 Å². The summed E-state index contributed by atoms with van der Waals surface area (Å²) < 4.78 is 9.75. The lowest BCUT2D eigenvalue weighted by Gasteiger charge is -2.08. The van der Waals surface area contributed by atoms with Crippen LogP contribution in [0.1, 0.15) is 6.92 Å². The molecule has 2 rings (SSSR count). The molecule has 0 aliphatic carbocycles. The maximum absolute atomic E-state index is 11.2. The van der Waals surface area contributed by atoms with Gasteiger partial charge in [0.15, 0.2) is 0 Å². The highest BCUT2D eigenvalue weighted by atomic mass is 16.7. The van der Waals surface area contributed by atoms with Gasteiger partial charge in [0.1, 0.15) is 11.5 Å². The number of phenolic OH excluding ortho intramolecular Hbond substituents is 1. The second-order valence-corrected chi connectivity index (χ2v) is 3.41. The molecular weight excluding hydrogens is 220 g/mol. The van der Waals surface area contributed by atoms with Crippen molar-refractivity contribution in [1.29, 1.82) is 0 Å². The van der Waals surface area contributed by atoms with Crippen LogP contribution in [0.15, 0.2) is 36.4 Å². The van der Waals surface area contributed by atoms with Crippen molar-refractivity contribution in [2.24, 2.45) is 0 Å². The van der Waals surface area contributed by atoms with Gasteiger partial charge in [-0.25, -0.2) is 4.79 Å². The summed E-state index contributed by atoms with van der Waals surface area (Å²) in [4.78, 5) is 11.2. The van der Waals surface area contributed by atoms with Crippen LogP contribution in [-0.2, 0) is 4.74 Å². The molecular formula is C13H12O4. The minimum atomic E-state index is -0.747. The summed E-state index contributed by atoms with van der Waals surface area (Å²) >= 11 is 0. The molecule has 4 heteroatoms. The Balaban J connectivity index is 2.41. The van der Waals surface area contributed by atoms with Crippen LogP contribution >= 0.6 is 0 Å². The molecule has 0 bridgehead atoms. The van der Waals surface area contributed by atoms with Crippen LogP contribution in [0.25, 0.3) is 10.8 Å². The molecule has 17 heavy (non-hydrogen) atoms. The summed E-state index contributed by atoms with van der Waals surface area (Å²) in [7, 11) is 0. The van der Waals surface area contributed by atoms with Gasteiger partial charge in [-0.1, -0.05) is 24.3 Å². The van der Waals surface area contributed by atoms with E-state index in [-0.39, 0.29) is 12.4 Å². The molecule has 0 aromatic heterocycles. The average Bonchev–Trinajstić information content (AvgIpc) is 2.34. The smallest absolute Gasteiger partial charge is 0.507 e. The molecule has 0 heterocycles. The molecule has 0 saturated carbocycles. The van der Waals surface area contributed by atoms with Crippen LogP contribution in [0.2, 0.25) is 0 Å². The van der Waals surface area contributed by atoms with Gasteiger partial charge in [-0.15, -0.1) is 0 Å². The quantitative estimate of drug-likeness (QED) is 0.638. The fourth-order valence-electron chi connectivity index (χ4n) is 1.58. The van der Waals surface area contributed by atoms with Crippen molar-refractivity contribution >= 4 is 16.9 Å². The Hall–Kier alpha value is -2.23. The zero-order valence-corrected chi connectivity index (χ0v) is 9.34. The Kier molecular flexibility index (Phi) is 3.14. The zero-order valence-electron chi connectivity index (χ0n) is 9.34. The van der Waals surface area contributed by atoms with Gasteiger partial charge in [-0.2, -0.15) is 0 Å². The molecule has 2 aromatic rings. The van der Waals surface area contributed by atoms with Crippen LogP contribution in [0.4, 0.5) is 4.79 Å². The van der Waals surface area contributed by atoms with E-state index in [1.165, 1.54) is 12.1 Å². The van der Waals surface area contributed by atoms with Gasteiger partial charge >= 0.3 is 6.16 Å². The summed E-state index contributed by atoms with van der Waals surface area (Å²) in [6, 6.07) is 10.1. The first-order chi connectivity index (χ1) is 8.22. The monoisotopic (exact) mass is 232 g/mol. The minimum absolute atomic E-state index is 0.150. The molecule has 0 radical (unpaired) electrons. The second kappa shape index (κ2) is 4.74. The first kappa shape index (κ1) is 11.3. The van der Waals surface area contributed by atoms with Crippen molar-refractivity contribution in [3.8, 4) is 11.5 Å². The number of benzene rings is 2. The lowest BCUT2D eigenvalue weighted by Crippen LogP contribution is -2.10. The Labute approximate surface area is 98.4 Å². The van der Waals surface area contributed by atoms with Gasteiger partial charge < -0.3 is 14.6 Å². The molecule has 0 atom stereocenters. The van der Waals surface area contributed by atoms with Gasteiger partial charge in [-0.3, -0.25) is 0 Å². The van der Waals surface area contributed by atoms with E-state index in [0.717, 1.165) is 0 Å². The van der Waals surface area contributed by atoms with Crippen LogP contribution in [-0.4, -0.2) is 17.9 Å². The summed E-state index contributed by atoms with van der Waals surface area (Å²) in [6.45, 7) is 1.96. The van der Waals surface area contributed by atoms with Crippen molar-refractivity contribution < 1.29 is 19.4 Å². The third-order valence-corrected chi connectivity index (χ3v) is 2.32. The first-order valence-corrected chi connectivity index (χ1v) is 5.27. The van der Waals surface area contributed by atoms with E-state index in [9.17, 15) is 9.90 Å². The number of aromatic hydroxyl groups is 1. The van der Waals surface area contributed by atoms with Gasteiger partial charge in [0.2, 0.25) is 0 Å². The third kappa shape index (κ3) is 2.30. The summed E-state index contributed by atoms with van der Waals surface area (Å²) in [5.41, 5.74) is 0. The van der Waals surface area contributed by atoms with Gasteiger partial charge in [-0.05, 0) is 19.1 Å². The zero-order chi connectivity index (χ0) is 12.3. The van der Waals surface area contributed by atoms with E-state index >= 15 is 0 Å². The number of hydrogen-bond acceptors (Lipinski definition) is 4. The predicted octanol–water partition coefficient (Wildman–Crippen LogP) is 3.08. The lowest BCUT2D eigenvalue weighted by molar-refractivity contribution is 0.105. The van der Waals surface area contributed by atoms with E-state index in [2.05, 4.69) is 0 Å². The van der Waals surface area contributed by atoms with Crippen molar-refractivity contribution in [1.82, 2.24) is 0 Å². The highest BCUT2D eigenvalue weighted by molar-refractivity contribution is 5.94. The summed E-state index contributed by atoms with van der Waals surface area (Å²) in [5.74, 6) is 0.522. The predicted molar refractivity (Wildman–Crippen MR) is 63.3 cm³/mol. The SMILES string of the molecule is CCOC(=O)Oc1ccc(O)c2ccccc12. The normalized spacial score (nSPS) is 10.2. The number of hydrogen-bond donors (Lipinski definition) is 1. The largest absolute Gasteiger partial charge is 0.513 e. The molecule has 1 N–H and O–H groups in total. The van der Waals surface area contributed by atoms with Crippen LogP contribution < -0.4 is 4.74 Å². The van der Waals surface area contributed by atoms with Gasteiger partial charge in [0.25, 0.3) is 0 Å². The minimum Gasteiger partial charge on any atom is -0.507 e. The van der Waals surface area contributed by atoms with E-state index in [1.54, 1.807) is 31.2 Å². The van der Waals surface area contributed by atoms with Crippen LogP contribution in [0.3, 0.4) is 0 Å². The summed E-state index contributed by atoms with van der Waals surface area (Å²) in [5, 5.41) is 11.0. The van der Waals surface area contributed by atoms with Crippen molar-refractivity contribution in [2.75, 3.05) is 6.61 Å². The van der Waals surface area contributed by atoms with Crippen molar-refractivity contribution in [3.05, 3.63) is 36.4 Å². The summed E-state index contributed by atoms with van der Waals surface area (Å²) in [6.07, 6.45) is -0.747. The lowest BCUT2D eigenvalue weighted by atomic mass is 10.1.